The normalized spacial score (nSPS) is 23.0. The third-order valence-electron chi connectivity index (χ3n) is 5.92. The Morgan fingerprint density at radius 2 is 2.16 bits per heavy atom. The molecule has 5 rings (SSSR count). The molecule has 0 aliphatic carbocycles. The lowest BCUT2D eigenvalue weighted by atomic mass is 10.1. The van der Waals surface area contributed by atoms with Crippen LogP contribution < -0.4 is 20.3 Å². The van der Waals surface area contributed by atoms with Gasteiger partial charge < -0.3 is 19.9 Å². The maximum atomic E-state index is 13.4. The van der Waals surface area contributed by atoms with E-state index in [9.17, 15) is 18.4 Å². The maximum Gasteiger partial charge on any atom is 0.287 e. The maximum absolute atomic E-state index is 13.4. The molecule has 0 bridgehead atoms. The van der Waals surface area contributed by atoms with Gasteiger partial charge in [-0.3, -0.25) is 14.5 Å². The zero-order chi connectivity index (χ0) is 21.7. The van der Waals surface area contributed by atoms with Gasteiger partial charge in [-0.1, -0.05) is 11.8 Å². The third-order valence-corrected chi connectivity index (χ3v) is 6.87. The van der Waals surface area contributed by atoms with E-state index in [0.717, 1.165) is 35.3 Å². The highest BCUT2D eigenvalue weighted by atomic mass is 32.2. The summed E-state index contributed by atoms with van der Waals surface area (Å²) < 4.78 is 34.6. The molecule has 4 heterocycles. The molecule has 2 atom stereocenters. The summed E-state index contributed by atoms with van der Waals surface area (Å²) in [6.07, 6.45) is 0.586. The number of primary amides is 1. The molecule has 2 saturated heterocycles. The predicted molar refractivity (Wildman–Crippen MR) is 113 cm³/mol. The number of hydrogen-bond acceptors (Lipinski definition) is 6. The summed E-state index contributed by atoms with van der Waals surface area (Å²) in [5.41, 5.74) is 7.09. The second-order valence-electron chi connectivity index (χ2n) is 7.75. The quantitative estimate of drug-likeness (QED) is 0.772. The number of ether oxygens (including phenoxy) is 1. The number of fused-ring (bicyclic) bond motifs is 3. The summed E-state index contributed by atoms with van der Waals surface area (Å²) in [6, 6.07) is 4.06. The molecule has 3 aliphatic rings. The largest absolute Gasteiger partial charge is 0.491 e. The summed E-state index contributed by atoms with van der Waals surface area (Å²) in [4.78, 5) is 31.6. The van der Waals surface area contributed by atoms with Gasteiger partial charge in [-0.2, -0.15) is 0 Å². The van der Waals surface area contributed by atoms with Crippen molar-refractivity contribution in [3.05, 3.63) is 24.4 Å². The number of thioether (sulfide) groups is 1. The summed E-state index contributed by atoms with van der Waals surface area (Å²) in [6.45, 7) is 1.56. The third kappa shape index (κ3) is 3.40. The Balaban J connectivity index is 1.51. The number of carbonyl (C=O) groups excluding carboxylic acids is 2. The molecule has 0 radical (unpaired) electrons. The molecule has 1 aromatic carbocycles. The number of carbonyl (C=O) groups is 2. The zero-order valence-corrected chi connectivity index (χ0v) is 17.4. The lowest BCUT2D eigenvalue weighted by Gasteiger charge is -2.25. The number of nitrogens with zero attached hydrogens (tertiary/aromatic N) is 4. The van der Waals surface area contributed by atoms with Crippen molar-refractivity contribution in [3.8, 4) is 17.1 Å². The van der Waals surface area contributed by atoms with Gasteiger partial charge in [0, 0.05) is 30.2 Å². The van der Waals surface area contributed by atoms with E-state index in [4.69, 9.17) is 10.5 Å². The van der Waals surface area contributed by atoms with Gasteiger partial charge in [0.2, 0.25) is 5.91 Å². The van der Waals surface area contributed by atoms with E-state index in [0.29, 0.717) is 36.7 Å². The molecular weight excluding hydrogens is 428 g/mol. The molecular formula is C20H21F2N5O3S. The van der Waals surface area contributed by atoms with Gasteiger partial charge in [0.05, 0.1) is 12.1 Å². The Morgan fingerprint density at radius 1 is 1.32 bits per heavy atom. The average molecular weight is 449 g/mol. The van der Waals surface area contributed by atoms with Gasteiger partial charge in [-0.15, -0.1) is 0 Å². The Labute approximate surface area is 181 Å². The van der Waals surface area contributed by atoms with Crippen molar-refractivity contribution in [2.45, 2.75) is 37.9 Å². The van der Waals surface area contributed by atoms with Crippen molar-refractivity contribution in [2.24, 2.45) is 5.73 Å². The number of rotatable bonds is 4. The smallest absolute Gasteiger partial charge is 0.287 e. The van der Waals surface area contributed by atoms with Gasteiger partial charge in [0.15, 0.2) is 5.82 Å². The van der Waals surface area contributed by atoms with Crippen molar-refractivity contribution < 1.29 is 23.1 Å². The van der Waals surface area contributed by atoms with Gasteiger partial charge in [-0.25, -0.2) is 13.8 Å². The summed E-state index contributed by atoms with van der Waals surface area (Å²) in [5, 5.41) is -0.420. The molecule has 0 saturated carbocycles. The van der Waals surface area contributed by atoms with E-state index in [1.54, 1.807) is 6.20 Å². The fourth-order valence-electron chi connectivity index (χ4n) is 4.41. The number of anilines is 2. The molecule has 2 aromatic rings. The van der Waals surface area contributed by atoms with Crippen molar-refractivity contribution >= 4 is 34.4 Å². The number of hydrogen-bond donors (Lipinski definition) is 1. The Morgan fingerprint density at radius 3 is 2.94 bits per heavy atom. The van der Waals surface area contributed by atoms with Crippen LogP contribution in [0.4, 0.5) is 25.1 Å². The van der Waals surface area contributed by atoms with Gasteiger partial charge in [0.25, 0.3) is 11.7 Å². The first-order valence-electron chi connectivity index (χ1n) is 10.1. The van der Waals surface area contributed by atoms with Crippen molar-refractivity contribution in [1.82, 2.24) is 9.55 Å². The van der Waals surface area contributed by atoms with E-state index in [-0.39, 0.29) is 23.5 Å². The van der Waals surface area contributed by atoms with E-state index in [1.807, 2.05) is 27.7 Å². The SMILES string of the molecule is NC(=O)[C@@H]1CCCN1c1ccc2c(c1)OCCn1cc(N3C(=O)SCC3C(F)F)nc1-2. The minimum atomic E-state index is -2.64. The van der Waals surface area contributed by atoms with Crippen LogP contribution in [0.15, 0.2) is 24.4 Å². The summed E-state index contributed by atoms with van der Waals surface area (Å²) in [7, 11) is 0. The van der Waals surface area contributed by atoms with Crippen LogP contribution in [0.3, 0.4) is 0 Å². The molecule has 11 heteroatoms. The topological polar surface area (TPSA) is 93.7 Å². The first-order valence-corrected chi connectivity index (χ1v) is 11.1. The fourth-order valence-corrected chi connectivity index (χ4v) is 5.38. The van der Waals surface area contributed by atoms with E-state index < -0.39 is 17.7 Å². The number of aromatic nitrogens is 2. The van der Waals surface area contributed by atoms with E-state index in [1.165, 1.54) is 0 Å². The Kier molecular flexibility index (Phi) is 4.99. The highest BCUT2D eigenvalue weighted by molar-refractivity contribution is 8.14. The van der Waals surface area contributed by atoms with Crippen LogP contribution in [0.5, 0.6) is 5.75 Å². The number of imidazole rings is 1. The average Bonchev–Trinajstić information content (AvgIpc) is 3.44. The Bertz CT molecular complexity index is 1050. The first kappa shape index (κ1) is 20.1. The number of amides is 2. The highest BCUT2D eigenvalue weighted by Gasteiger charge is 2.41. The highest BCUT2D eigenvalue weighted by Crippen LogP contribution is 2.39. The zero-order valence-electron chi connectivity index (χ0n) is 16.5. The van der Waals surface area contributed by atoms with Crippen LogP contribution in [0.1, 0.15) is 12.8 Å². The molecule has 31 heavy (non-hydrogen) atoms. The molecule has 3 aliphatic heterocycles. The van der Waals surface area contributed by atoms with Gasteiger partial charge >= 0.3 is 0 Å². The minimum Gasteiger partial charge on any atom is -0.491 e. The van der Waals surface area contributed by atoms with Crippen LogP contribution in [-0.2, 0) is 11.3 Å². The lowest BCUT2D eigenvalue weighted by Crippen LogP contribution is -2.40. The molecule has 0 spiro atoms. The van der Waals surface area contributed by atoms with E-state index in [2.05, 4.69) is 4.98 Å². The van der Waals surface area contributed by atoms with Crippen LogP contribution in [0, 0.1) is 0 Å². The number of benzene rings is 1. The Hall–Kier alpha value is -2.82. The molecule has 2 fully saturated rings. The monoisotopic (exact) mass is 449 g/mol. The summed E-state index contributed by atoms with van der Waals surface area (Å²) >= 11 is 0.881. The predicted octanol–water partition coefficient (Wildman–Crippen LogP) is 2.70. The second-order valence-corrected chi connectivity index (χ2v) is 8.72. The number of halogens is 2. The molecule has 1 aromatic heterocycles. The van der Waals surface area contributed by atoms with Crippen molar-refractivity contribution in [1.29, 1.82) is 0 Å². The molecule has 2 N–H and O–H groups in total. The minimum absolute atomic E-state index is 0.0403. The number of nitrogens with two attached hydrogens (primary N) is 1. The molecule has 164 valence electrons. The molecule has 2 amide bonds. The van der Waals surface area contributed by atoms with Gasteiger partial charge in [0.1, 0.15) is 30.3 Å². The lowest BCUT2D eigenvalue weighted by molar-refractivity contribution is -0.119. The number of alkyl halides is 2. The standard InChI is InChI=1S/C20H21F2N5O3S/c21-17(22)14-10-31-20(29)27(14)16-9-25-6-7-30-15-8-11(3-4-12(15)19(25)24-16)26-5-1-2-13(26)18(23)28/h3-4,8-9,13-14,17H,1-2,5-7,10H2,(H2,23,28)/t13-,14?/m0/s1. The van der Waals surface area contributed by atoms with Crippen molar-refractivity contribution in [3.63, 3.8) is 0 Å². The van der Waals surface area contributed by atoms with Crippen LogP contribution >= 0.6 is 11.8 Å². The first-order chi connectivity index (χ1) is 14.9. The van der Waals surface area contributed by atoms with Crippen LogP contribution in [0.25, 0.3) is 11.4 Å². The molecule has 8 nitrogen and oxygen atoms in total. The van der Waals surface area contributed by atoms with Gasteiger partial charge in [-0.05, 0) is 25.0 Å². The molecule has 1 unspecified atom stereocenters. The van der Waals surface area contributed by atoms with Crippen LogP contribution in [0.2, 0.25) is 0 Å². The summed E-state index contributed by atoms with van der Waals surface area (Å²) in [5.74, 6) is 1.06. The van der Waals surface area contributed by atoms with Crippen LogP contribution in [-0.4, -0.2) is 58.1 Å². The van der Waals surface area contributed by atoms with E-state index >= 15 is 0 Å². The fraction of sp³-hybridized carbons (Fsp3) is 0.450. The second kappa shape index (κ2) is 7.70. The van der Waals surface area contributed by atoms with Crippen molar-refractivity contribution in [2.75, 3.05) is 28.7 Å².